The van der Waals surface area contributed by atoms with Crippen molar-refractivity contribution in [3.05, 3.63) is 58.9 Å². The number of carbonyl (C=O) groups is 1. The molecule has 4 rings (SSSR count). The summed E-state index contributed by atoms with van der Waals surface area (Å²) < 4.78 is 50.6. The molecule has 0 spiro atoms. The van der Waals surface area contributed by atoms with Crippen LogP contribution in [-0.4, -0.2) is 24.6 Å². The fourth-order valence-corrected chi connectivity index (χ4v) is 4.94. The van der Waals surface area contributed by atoms with Crippen LogP contribution in [0.25, 0.3) is 0 Å². The predicted molar refractivity (Wildman–Crippen MR) is 103 cm³/mol. The number of nitrogens with zero attached hydrogens (tertiary/aromatic N) is 2. The van der Waals surface area contributed by atoms with Gasteiger partial charge in [-0.3, -0.25) is 5.32 Å². The van der Waals surface area contributed by atoms with Crippen molar-refractivity contribution in [3.63, 3.8) is 0 Å². The largest absolute Gasteiger partial charge is 0.454 e. The number of anilines is 1. The number of aromatic nitrogens is 2. The highest BCUT2D eigenvalue weighted by molar-refractivity contribution is 7.90. The number of halogens is 1. The Morgan fingerprint density at radius 1 is 1.23 bits per heavy atom. The summed E-state index contributed by atoms with van der Waals surface area (Å²) in [5, 5.41) is 8.79. The van der Waals surface area contributed by atoms with Gasteiger partial charge in [-0.25, -0.2) is 22.6 Å². The standard InChI is InChI=1S/C19H17FN4O5S/c1-10-17(11(2)29-24-10)30(26,27)9-12-3-4-16(14(20)7-12)28-15-5-6-21-18-13(15)8-22-19(25)23-18/h3-7H,8-9H2,1-2H3,(H2,21,22,23,25). The monoisotopic (exact) mass is 432 g/mol. The van der Waals surface area contributed by atoms with E-state index >= 15 is 0 Å². The van der Waals surface area contributed by atoms with Crippen molar-refractivity contribution in [2.24, 2.45) is 0 Å². The fraction of sp³-hybridized carbons (Fsp3) is 0.211. The van der Waals surface area contributed by atoms with Gasteiger partial charge in [0, 0.05) is 6.20 Å². The Kier molecular flexibility index (Phi) is 4.90. The topological polar surface area (TPSA) is 123 Å². The van der Waals surface area contributed by atoms with Gasteiger partial charge < -0.3 is 14.6 Å². The number of aryl methyl sites for hydroxylation is 2. The molecule has 9 nitrogen and oxygen atoms in total. The van der Waals surface area contributed by atoms with Crippen LogP contribution in [0.3, 0.4) is 0 Å². The molecule has 3 aromatic rings. The number of hydrogen-bond acceptors (Lipinski definition) is 7. The van der Waals surface area contributed by atoms with Gasteiger partial charge in [0.25, 0.3) is 0 Å². The van der Waals surface area contributed by atoms with E-state index in [1.54, 1.807) is 6.07 Å². The van der Waals surface area contributed by atoms with Gasteiger partial charge in [0.05, 0.1) is 23.6 Å². The summed E-state index contributed by atoms with van der Waals surface area (Å²) in [5.74, 6) is -0.371. The summed E-state index contributed by atoms with van der Waals surface area (Å²) in [7, 11) is -3.76. The van der Waals surface area contributed by atoms with Crippen molar-refractivity contribution in [1.82, 2.24) is 15.5 Å². The molecule has 1 aliphatic heterocycles. The van der Waals surface area contributed by atoms with Crippen molar-refractivity contribution < 1.29 is 26.9 Å². The molecule has 11 heteroatoms. The van der Waals surface area contributed by atoms with Gasteiger partial charge in [-0.1, -0.05) is 11.2 Å². The Balaban J connectivity index is 1.58. The summed E-state index contributed by atoms with van der Waals surface area (Å²) in [5.41, 5.74) is 1.09. The number of amides is 2. The third kappa shape index (κ3) is 3.71. The van der Waals surface area contributed by atoms with Crippen LogP contribution in [0.15, 0.2) is 39.9 Å². The van der Waals surface area contributed by atoms with Crippen molar-refractivity contribution in [3.8, 4) is 11.5 Å². The molecule has 2 N–H and O–H groups in total. The highest BCUT2D eigenvalue weighted by atomic mass is 32.2. The van der Waals surface area contributed by atoms with E-state index in [1.165, 1.54) is 32.2 Å². The van der Waals surface area contributed by atoms with Crippen LogP contribution in [0.5, 0.6) is 11.5 Å². The molecule has 0 fully saturated rings. The van der Waals surface area contributed by atoms with E-state index < -0.39 is 21.4 Å². The van der Waals surface area contributed by atoms with E-state index in [0.29, 0.717) is 17.1 Å². The zero-order valence-corrected chi connectivity index (χ0v) is 16.8. The Labute approximate surface area is 171 Å². The molecule has 156 valence electrons. The normalized spacial score (nSPS) is 13.4. The number of sulfone groups is 1. The summed E-state index contributed by atoms with van der Waals surface area (Å²) in [6.07, 6.45) is 1.43. The zero-order valence-electron chi connectivity index (χ0n) is 16.0. The third-order valence-electron chi connectivity index (χ3n) is 4.52. The number of rotatable bonds is 5. The highest BCUT2D eigenvalue weighted by Gasteiger charge is 2.25. The molecule has 0 atom stereocenters. The predicted octanol–water partition coefficient (Wildman–Crippen LogP) is 3.23. The number of urea groups is 1. The first-order valence-electron chi connectivity index (χ1n) is 8.89. The maximum absolute atomic E-state index is 14.7. The van der Waals surface area contributed by atoms with Crippen molar-refractivity contribution in [1.29, 1.82) is 0 Å². The van der Waals surface area contributed by atoms with Crippen LogP contribution in [0.4, 0.5) is 15.0 Å². The second-order valence-corrected chi connectivity index (χ2v) is 8.65. The molecule has 0 bridgehead atoms. The summed E-state index contributed by atoms with van der Waals surface area (Å²) in [6.45, 7) is 3.23. The SMILES string of the molecule is Cc1noc(C)c1S(=O)(=O)Cc1ccc(Oc2ccnc3c2CNC(=O)N3)c(F)c1. The number of hydrogen-bond donors (Lipinski definition) is 2. The molecule has 0 saturated carbocycles. The third-order valence-corrected chi connectivity index (χ3v) is 6.44. The Hall–Kier alpha value is -3.47. The molecule has 30 heavy (non-hydrogen) atoms. The minimum absolute atomic E-state index is 0.0150. The van der Waals surface area contributed by atoms with E-state index in [1.807, 2.05) is 0 Å². The van der Waals surface area contributed by atoms with Gasteiger partial charge in [0.2, 0.25) is 0 Å². The average molecular weight is 432 g/mol. The Morgan fingerprint density at radius 3 is 2.73 bits per heavy atom. The lowest BCUT2D eigenvalue weighted by Gasteiger charge is -2.20. The number of nitrogens with one attached hydrogen (secondary N) is 2. The molecule has 2 aromatic heterocycles. The van der Waals surface area contributed by atoms with Crippen LogP contribution < -0.4 is 15.4 Å². The quantitative estimate of drug-likeness (QED) is 0.634. The van der Waals surface area contributed by atoms with Crippen LogP contribution in [0.1, 0.15) is 22.6 Å². The van der Waals surface area contributed by atoms with Crippen molar-refractivity contribution in [2.45, 2.75) is 31.0 Å². The number of ether oxygens (including phenoxy) is 1. The first-order valence-corrected chi connectivity index (χ1v) is 10.5. The van der Waals surface area contributed by atoms with E-state index in [9.17, 15) is 17.6 Å². The second kappa shape index (κ2) is 7.41. The molecule has 1 aromatic carbocycles. The maximum atomic E-state index is 14.7. The van der Waals surface area contributed by atoms with E-state index in [2.05, 4.69) is 20.8 Å². The molecular formula is C19H17FN4O5S. The molecule has 3 heterocycles. The van der Waals surface area contributed by atoms with Crippen molar-refractivity contribution in [2.75, 3.05) is 5.32 Å². The first kappa shape index (κ1) is 19.8. The lowest BCUT2D eigenvalue weighted by atomic mass is 10.2. The molecule has 0 saturated heterocycles. The smallest absolute Gasteiger partial charge is 0.320 e. The fourth-order valence-electron chi connectivity index (χ4n) is 3.21. The van der Waals surface area contributed by atoms with Crippen LogP contribution in [0.2, 0.25) is 0 Å². The van der Waals surface area contributed by atoms with Crippen LogP contribution in [-0.2, 0) is 22.1 Å². The number of fused-ring (bicyclic) bond motifs is 1. The van der Waals surface area contributed by atoms with Crippen LogP contribution >= 0.6 is 0 Å². The molecular weight excluding hydrogens is 415 g/mol. The lowest BCUT2D eigenvalue weighted by molar-refractivity contribution is 0.250. The Morgan fingerprint density at radius 2 is 2.03 bits per heavy atom. The van der Waals surface area contributed by atoms with Gasteiger partial charge in [0.15, 0.2) is 27.2 Å². The highest BCUT2D eigenvalue weighted by Crippen LogP contribution is 2.32. The Bertz CT molecular complexity index is 1240. The van der Waals surface area contributed by atoms with Gasteiger partial charge in [-0.05, 0) is 37.6 Å². The molecule has 0 aliphatic carbocycles. The molecule has 1 aliphatic rings. The van der Waals surface area contributed by atoms with Gasteiger partial charge in [-0.2, -0.15) is 0 Å². The molecule has 2 amide bonds. The minimum atomic E-state index is -3.76. The number of carbonyl (C=O) groups excluding carboxylic acids is 1. The van der Waals surface area contributed by atoms with E-state index in [4.69, 9.17) is 9.26 Å². The zero-order chi connectivity index (χ0) is 21.5. The molecule has 0 unspecified atom stereocenters. The lowest BCUT2D eigenvalue weighted by Crippen LogP contribution is -2.34. The van der Waals surface area contributed by atoms with Crippen LogP contribution in [0, 0.1) is 19.7 Å². The summed E-state index contributed by atoms with van der Waals surface area (Å²) >= 11 is 0. The van der Waals surface area contributed by atoms with Gasteiger partial charge >= 0.3 is 6.03 Å². The van der Waals surface area contributed by atoms with Gasteiger partial charge in [0.1, 0.15) is 16.5 Å². The van der Waals surface area contributed by atoms with Gasteiger partial charge in [-0.15, -0.1) is 0 Å². The average Bonchev–Trinajstić information content (AvgIpc) is 3.02. The summed E-state index contributed by atoms with van der Waals surface area (Å²) in [4.78, 5) is 15.5. The molecule has 0 radical (unpaired) electrons. The van der Waals surface area contributed by atoms with E-state index in [0.717, 1.165) is 6.07 Å². The maximum Gasteiger partial charge on any atom is 0.320 e. The first-order chi connectivity index (χ1) is 14.2. The van der Waals surface area contributed by atoms with E-state index in [-0.39, 0.29) is 40.2 Å². The van der Waals surface area contributed by atoms with Crippen molar-refractivity contribution >= 4 is 21.7 Å². The minimum Gasteiger partial charge on any atom is -0.454 e. The summed E-state index contributed by atoms with van der Waals surface area (Å²) in [6, 6.07) is 5.10. The number of benzene rings is 1. The number of pyridine rings is 1. The second-order valence-electron chi connectivity index (χ2n) is 6.72.